The maximum atomic E-state index is 13.3. The summed E-state index contributed by atoms with van der Waals surface area (Å²) in [6.45, 7) is 6.37. The van der Waals surface area contributed by atoms with E-state index in [0.29, 0.717) is 24.3 Å². The summed E-state index contributed by atoms with van der Waals surface area (Å²) < 4.78 is 16.5. The third-order valence-electron chi connectivity index (χ3n) is 5.62. The van der Waals surface area contributed by atoms with E-state index in [4.69, 9.17) is 25.8 Å². The standard InChI is InChI=1S/C26H30ClNO6/c1-15(2)34-12-8-11-28-22(17-9-6-7-10-20(17)32-4)21(24(30)26(28)31)23(29)18-13-16(3)14-19(27)25(18)33-5/h6-7,9-10,13-15,22,29H,8,11-12H2,1-5H3/b23-21+. The SMILES string of the molecule is COc1ccccc1C1/C(=C(\O)c2cc(C)cc(Cl)c2OC)C(=O)C(=O)N1CCCOC(C)C. The number of amides is 1. The van der Waals surface area contributed by atoms with Crippen molar-refractivity contribution < 1.29 is 28.9 Å². The van der Waals surface area contributed by atoms with Crippen LogP contribution >= 0.6 is 11.6 Å². The molecule has 3 rings (SSSR count). The number of methoxy groups -OCH3 is 2. The first-order valence-electron chi connectivity index (χ1n) is 11.1. The van der Waals surface area contributed by atoms with E-state index in [1.54, 1.807) is 36.4 Å². The Morgan fingerprint density at radius 1 is 1.15 bits per heavy atom. The molecule has 2 aromatic carbocycles. The molecule has 1 heterocycles. The Balaban J connectivity index is 2.18. The van der Waals surface area contributed by atoms with Gasteiger partial charge in [0.25, 0.3) is 11.7 Å². The van der Waals surface area contributed by atoms with Crippen LogP contribution in [0.2, 0.25) is 5.02 Å². The Morgan fingerprint density at radius 3 is 2.50 bits per heavy atom. The molecule has 1 aliphatic heterocycles. The third-order valence-corrected chi connectivity index (χ3v) is 5.90. The fourth-order valence-electron chi connectivity index (χ4n) is 4.14. The van der Waals surface area contributed by atoms with Gasteiger partial charge in [-0.1, -0.05) is 29.8 Å². The molecule has 1 aliphatic rings. The molecule has 8 heteroatoms. The van der Waals surface area contributed by atoms with Crippen LogP contribution in [0.3, 0.4) is 0 Å². The van der Waals surface area contributed by atoms with Gasteiger partial charge in [-0.05, 0) is 51.0 Å². The molecule has 2 aromatic rings. The minimum Gasteiger partial charge on any atom is -0.507 e. The minimum atomic E-state index is -0.848. The number of aliphatic hydroxyl groups is 1. The molecular formula is C26H30ClNO6. The lowest BCUT2D eigenvalue weighted by molar-refractivity contribution is -0.140. The van der Waals surface area contributed by atoms with Crippen molar-refractivity contribution in [2.75, 3.05) is 27.4 Å². The Hall–Kier alpha value is -3.03. The quantitative estimate of drug-likeness (QED) is 0.234. The summed E-state index contributed by atoms with van der Waals surface area (Å²) in [5.41, 5.74) is 1.56. The summed E-state index contributed by atoms with van der Waals surface area (Å²) in [7, 11) is 2.95. The number of likely N-dealkylation sites (tertiary alicyclic amines) is 1. The smallest absolute Gasteiger partial charge is 0.295 e. The maximum absolute atomic E-state index is 13.3. The van der Waals surface area contributed by atoms with Crippen LogP contribution in [-0.4, -0.2) is 55.2 Å². The van der Waals surface area contributed by atoms with Gasteiger partial charge in [-0.2, -0.15) is 0 Å². The Labute approximate surface area is 204 Å². The summed E-state index contributed by atoms with van der Waals surface area (Å²) in [4.78, 5) is 27.9. The Morgan fingerprint density at radius 2 is 1.85 bits per heavy atom. The number of nitrogens with zero attached hydrogens (tertiary/aromatic N) is 1. The summed E-state index contributed by atoms with van der Waals surface area (Å²) in [5.74, 6) is -1.10. The normalized spacial score (nSPS) is 17.5. The number of carbonyl (C=O) groups excluding carboxylic acids is 2. The molecule has 0 aliphatic carbocycles. The van der Waals surface area contributed by atoms with Crippen molar-refractivity contribution in [2.24, 2.45) is 0 Å². The average molecular weight is 488 g/mol. The predicted octanol–water partition coefficient (Wildman–Crippen LogP) is 4.90. The van der Waals surface area contributed by atoms with Crippen LogP contribution < -0.4 is 9.47 Å². The van der Waals surface area contributed by atoms with E-state index in [1.807, 2.05) is 20.8 Å². The van der Waals surface area contributed by atoms with Crippen LogP contribution in [0.15, 0.2) is 42.0 Å². The van der Waals surface area contributed by atoms with Crippen LogP contribution in [-0.2, 0) is 14.3 Å². The zero-order valence-corrected chi connectivity index (χ0v) is 20.8. The van der Waals surface area contributed by atoms with E-state index in [9.17, 15) is 14.7 Å². The molecule has 1 unspecified atom stereocenters. The van der Waals surface area contributed by atoms with Gasteiger partial charge in [-0.15, -0.1) is 0 Å². The minimum absolute atomic E-state index is 0.0424. The molecule has 0 radical (unpaired) electrons. The summed E-state index contributed by atoms with van der Waals surface area (Å²) in [6.07, 6.45) is 0.579. The summed E-state index contributed by atoms with van der Waals surface area (Å²) in [5, 5.41) is 11.7. The molecule has 0 bridgehead atoms. The number of para-hydroxylation sites is 1. The number of hydrogen-bond acceptors (Lipinski definition) is 6. The number of carbonyl (C=O) groups is 2. The lowest BCUT2D eigenvalue weighted by atomic mass is 9.94. The molecule has 1 saturated heterocycles. The van der Waals surface area contributed by atoms with Gasteiger partial charge in [0.15, 0.2) is 0 Å². The molecule has 1 amide bonds. The van der Waals surface area contributed by atoms with E-state index in [2.05, 4.69) is 0 Å². The molecular weight excluding hydrogens is 458 g/mol. The number of rotatable bonds is 9. The highest BCUT2D eigenvalue weighted by Crippen LogP contribution is 2.44. The number of hydrogen-bond donors (Lipinski definition) is 1. The number of aryl methyl sites for hydroxylation is 1. The fourth-order valence-corrected chi connectivity index (χ4v) is 4.49. The van der Waals surface area contributed by atoms with E-state index in [0.717, 1.165) is 5.56 Å². The number of benzene rings is 2. The lowest BCUT2D eigenvalue weighted by Gasteiger charge is -2.27. The van der Waals surface area contributed by atoms with Crippen molar-refractivity contribution in [1.82, 2.24) is 4.90 Å². The molecule has 1 fully saturated rings. The van der Waals surface area contributed by atoms with E-state index in [1.165, 1.54) is 19.1 Å². The van der Waals surface area contributed by atoms with Crippen LogP contribution in [0.1, 0.15) is 43.0 Å². The van der Waals surface area contributed by atoms with Gasteiger partial charge in [-0.25, -0.2) is 0 Å². The molecule has 1 N–H and O–H groups in total. The number of aliphatic hydroxyl groups excluding tert-OH is 1. The maximum Gasteiger partial charge on any atom is 0.295 e. The zero-order valence-electron chi connectivity index (χ0n) is 20.1. The molecule has 1 atom stereocenters. The number of ketones is 1. The third kappa shape index (κ3) is 5.05. The van der Waals surface area contributed by atoms with Crippen LogP contribution in [0.25, 0.3) is 5.76 Å². The fraction of sp³-hybridized carbons (Fsp3) is 0.385. The van der Waals surface area contributed by atoms with Crippen LogP contribution in [0, 0.1) is 6.92 Å². The Bertz CT molecular complexity index is 1110. The zero-order chi connectivity index (χ0) is 25.0. The molecule has 7 nitrogen and oxygen atoms in total. The van der Waals surface area contributed by atoms with Gasteiger partial charge in [0, 0.05) is 18.7 Å². The molecule has 0 saturated carbocycles. The van der Waals surface area contributed by atoms with Gasteiger partial charge < -0.3 is 24.2 Å². The summed E-state index contributed by atoms with van der Waals surface area (Å²) >= 11 is 6.34. The first-order chi connectivity index (χ1) is 16.2. The van der Waals surface area contributed by atoms with Crippen LogP contribution in [0.5, 0.6) is 11.5 Å². The highest BCUT2D eigenvalue weighted by molar-refractivity contribution is 6.46. The number of Topliss-reactive ketones (excluding diaryl/α,β-unsaturated/α-hetero) is 1. The van der Waals surface area contributed by atoms with Gasteiger partial charge in [-0.3, -0.25) is 9.59 Å². The van der Waals surface area contributed by atoms with Gasteiger partial charge >= 0.3 is 0 Å². The first kappa shape index (κ1) is 25.6. The first-order valence-corrected chi connectivity index (χ1v) is 11.5. The topological polar surface area (TPSA) is 85.3 Å². The predicted molar refractivity (Wildman–Crippen MR) is 130 cm³/mol. The van der Waals surface area contributed by atoms with Crippen molar-refractivity contribution in [3.63, 3.8) is 0 Å². The van der Waals surface area contributed by atoms with Gasteiger partial charge in [0.05, 0.1) is 42.5 Å². The van der Waals surface area contributed by atoms with E-state index in [-0.39, 0.29) is 40.3 Å². The second kappa shape index (κ2) is 10.9. The van der Waals surface area contributed by atoms with Crippen molar-refractivity contribution in [3.05, 3.63) is 63.7 Å². The highest BCUT2D eigenvalue weighted by Gasteiger charge is 2.47. The van der Waals surface area contributed by atoms with Crippen LogP contribution in [0.4, 0.5) is 0 Å². The lowest BCUT2D eigenvalue weighted by Crippen LogP contribution is -2.31. The van der Waals surface area contributed by atoms with Gasteiger partial charge in [0.1, 0.15) is 17.3 Å². The molecule has 0 aromatic heterocycles. The monoisotopic (exact) mass is 487 g/mol. The summed E-state index contributed by atoms with van der Waals surface area (Å²) in [6, 6.07) is 9.64. The van der Waals surface area contributed by atoms with Crippen molar-refractivity contribution in [1.29, 1.82) is 0 Å². The molecule has 34 heavy (non-hydrogen) atoms. The second-order valence-electron chi connectivity index (χ2n) is 8.34. The van der Waals surface area contributed by atoms with E-state index < -0.39 is 17.7 Å². The highest BCUT2D eigenvalue weighted by atomic mass is 35.5. The molecule has 182 valence electrons. The van der Waals surface area contributed by atoms with Gasteiger partial charge in [0.2, 0.25) is 0 Å². The molecule has 0 spiro atoms. The van der Waals surface area contributed by atoms with Crippen molar-refractivity contribution >= 4 is 29.1 Å². The largest absolute Gasteiger partial charge is 0.507 e. The second-order valence-corrected chi connectivity index (χ2v) is 8.74. The van der Waals surface area contributed by atoms with Crippen molar-refractivity contribution in [3.8, 4) is 11.5 Å². The van der Waals surface area contributed by atoms with Crippen molar-refractivity contribution in [2.45, 2.75) is 39.3 Å². The average Bonchev–Trinajstić information content (AvgIpc) is 3.05. The number of halogens is 1. The Kier molecular flexibility index (Phi) is 8.23. The number of ether oxygens (including phenoxy) is 3. The van der Waals surface area contributed by atoms with E-state index >= 15 is 0 Å².